The number of hydrogen-bond acceptors (Lipinski definition) is 3. The monoisotopic (exact) mass is 373 g/mol. The first kappa shape index (κ1) is 19.8. The van der Waals surface area contributed by atoms with Crippen molar-refractivity contribution < 1.29 is 9.59 Å². The molecule has 0 aliphatic rings. The van der Waals surface area contributed by atoms with Crippen molar-refractivity contribution >= 4 is 34.8 Å². The Bertz CT molecular complexity index is 776. The number of hydrogen-bond donors (Lipinski definition) is 2. The second kappa shape index (κ2) is 8.72. The van der Waals surface area contributed by atoms with E-state index in [2.05, 4.69) is 10.6 Å². The number of anilines is 2. The predicted octanol–water partition coefficient (Wildman–Crippen LogP) is 3.80. The zero-order valence-corrected chi connectivity index (χ0v) is 16.2. The molecule has 0 bridgehead atoms. The Balaban J connectivity index is 2.19. The number of nitrogens with one attached hydrogen (secondary N) is 2. The molecule has 26 heavy (non-hydrogen) atoms. The van der Waals surface area contributed by atoms with Crippen molar-refractivity contribution in [3.05, 3.63) is 59.1 Å². The van der Waals surface area contributed by atoms with Crippen molar-refractivity contribution in [2.24, 2.45) is 5.92 Å². The molecule has 5 nitrogen and oxygen atoms in total. The lowest BCUT2D eigenvalue weighted by atomic mass is 10.0. The molecule has 0 fully saturated rings. The molecule has 0 saturated carbocycles. The van der Waals surface area contributed by atoms with Crippen LogP contribution >= 0.6 is 11.6 Å². The zero-order chi connectivity index (χ0) is 19.3. The Hall–Kier alpha value is -2.53. The summed E-state index contributed by atoms with van der Waals surface area (Å²) in [5.41, 5.74) is 1.95. The fourth-order valence-corrected chi connectivity index (χ4v) is 2.73. The van der Waals surface area contributed by atoms with Gasteiger partial charge >= 0.3 is 0 Å². The molecule has 1 unspecified atom stereocenters. The lowest BCUT2D eigenvalue weighted by Gasteiger charge is -2.24. The van der Waals surface area contributed by atoms with Gasteiger partial charge in [-0.05, 0) is 36.2 Å². The van der Waals surface area contributed by atoms with Crippen molar-refractivity contribution in [2.45, 2.75) is 19.9 Å². The second-order valence-corrected chi connectivity index (χ2v) is 7.04. The van der Waals surface area contributed by atoms with Crippen molar-refractivity contribution in [2.75, 3.05) is 24.3 Å². The van der Waals surface area contributed by atoms with E-state index in [-0.39, 0.29) is 17.7 Å². The maximum absolute atomic E-state index is 12.8. The number of nitrogens with zero attached hydrogens (tertiary/aromatic N) is 1. The molecule has 2 rings (SSSR count). The van der Waals surface area contributed by atoms with Crippen LogP contribution in [0.2, 0.25) is 5.02 Å². The molecule has 1 atom stereocenters. The fourth-order valence-electron chi connectivity index (χ4n) is 2.56. The van der Waals surface area contributed by atoms with Crippen molar-refractivity contribution in [1.29, 1.82) is 0 Å². The van der Waals surface area contributed by atoms with E-state index in [1.165, 1.54) is 0 Å². The first-order chi connectivity index (χ1) is 12.3. The van der Waals surface area contributed by atoms with E-state index in [9.17, 15) is 9.59 Å². The van der Waals surface area contributed by atoms with E-state index in [1.807, 2.05) is 45.0 Å². The van der Waals surface area contributed by atoms with E-state index in [0.29, 0.717) is 16.3 Å². The van der Waals surface area contributed by atoms with Gasteiger partial charge in [0.15, 0.2) is 0 Å². The Kier molecular flexibility index (Phi) is 6.64. The molecular formula is C20H24ClN3O2. The van der Waals surface area contributed by atoms with Crippen LogP contribution in [0, 0.1) is 5.92 Å². The highest BCUT2D eigenvalue weighted by molar-refractivity contribution is 6.31. The number of amides is 2. The van der Waals surface area contributed by atoms with Crippen molar-refractivity contribution in [3.63, 3.8) is 0 Å². The van der Waals surface area contributed by atoms with Crippen molar-refractivity contribution in [3.8, 4) is 0 Å². The number of benzene rings is 2. The van der Waals surface area contributed by atoms with Gasteiger partial charge in [-0.3, -0.25) is 9.59 Å². The third-order valence-electron chi connectivity index (χ3n) is 3.97. The largest absolute Gasteiger partial charge is 0.376 e. The fraction of sp³-hybridized carbons (Fsp3) is 0.300. The topological polar surface area (TPSA) is 61.4 Å². The molecule has 138 valence electrons. The highest BCUT2D eigenvalue weighted by Crippen LogP contribution is 2.28. The van der Waals surface area contributed by atoms with Crippen LogP contribution in [0.3, 0.4) is 0 Å². The van der Waals surface area contributed by atoms with E-state index >= 15 is 0 Å². The van der Waals surface area contributed by atoms with E-state index < -0.39 is 6.04 Å². The maximum atomic E-state index is 12.8. The predicted molar refractivity (Wildman–Crippen MR) is 107 cm³/mol. The van der Waals surface area contributed by atoms with E-state index in [1.54, 1.807) is 36.4 Å². The summed E-state index contributed by atoms with van der Waals surface area (Å²) in [6.07, 6.45) is 0. The van der Waals surface area contributed by atoms with E-state index in [0.717, 1.165) is 5.69 Å². The second-order valence-electron chi connectivity index (χ2n) is 6.61. The molecular weight excluding hydrogens is 350 g/mol. The summed E-state index contributed by atoms with van der Waals surface area (Å²) >= 11 is 6.07. The maximum Gasteiger partial charge on any atom is 0.251 e. The molecule has 0 aliphatic heterocycles. The number of rotatable bonds is 6. The van der Waals surface area contributed by atoms with Crippen LogP contribution in [0.1, 0.15) is 24.2 Å². The minimum atomic E-state index is -0.670. The average molecular weight is 374 g/mol. The van der Waals surface area contributed by atoms with Crippen LogP contribution in [0.5, 0.6) is 0 Å². The van der Waals surface area contributed by atoms with Gasteiger partial charge in [0.05, 0.1) is 11.4 Å². The molecule has 0 aliphatic carbocycles. The SMILES string of the molecule is CC(C)C(NC(=O)c1ccccc1)C(=O)Nc1cc(Cl)ccc1N(C)C. The van der Waals surface area contributed by atoms with Gasteiger partial charge in [0.25, 0.3) is 5.91 Å². The molecule has 0 spiro atoms. The van der Waals surface area contributed by atoms with Gasteiger partial charge in [-0.15, -0.1) is 0 Å². The van der Waals surface area contributed by atoms with Gasteiger partial charge in [-0.25, -0.2) is 0 Å². The summed E-state index contributed by atoms with van der Waals surface area (Å²) in [4.78, 5) is 27.1. The van der Waals surface area contributed by atoms with Gasteiger partial charge in [-0.1, -0.05) is 43.6 Å². The average Bonchev–Trinajstić information content (AvgIpc) is 2.59. The molecule has 2 N–H and O–H groups in total. The third-order valence-corrected chi connectivity index (χ3v) is 4.21. The summed E-state index contributed by atoms with van der Waals surface area (Å²) < 4.78 is 0. The van der Waals surface area contributed by atoms with Crippen molar-refractivity contribution in [1.82, 2.24) is 5.32 Å². The van der Waals surface area contributed by atoms with Crippen LogP contribution in [0.15, 0.2) is 48.5 Å². The minimum absolute atomic E-state index is 0.0790. The summed E-state index contributed by atoms with van der Waals surface area (Å²) in [5, 5.41) is 6.24. The van der Waals surface area contributed by atoms with Crippen LogP contribution in [0.25, 0.3) is 0 Å². The Morgan fingerprint density at radius 2 is 1.69 bits per heavy atom. The quantitative estimate of drug-likeness (QED) is 0.809. The van der Waals surface area contributed by atoms with Gasteiger partial charge in [0, 0.05) is 24.7 Å². The molecule has 2 amide bonds. The first-order valence-electron chi connectivity index (χ1n) is 8.43. The lowest BCUT2D eigenvalue weighted by molar-refractivity contribution is -0.118. The Morgan fingerprint density at radius 3 is 2.27 bits per heavy atom. The molecule has 0 saturated heterocycles. The molecule has 0 heterocycles. The first-order valence-corrected chi connectivity index (χ1v) is 8.81. The number of carbonyl (C=O) groups is 2. The smallest absolute Gasteiger partial charge is 0.251 e. The Morgan fingerprint density at radius 1 is 1.04 bits per heavy atom. The molecule has 6 heteroatoms. The van der Waals surface area contributed by atoms with Crippen LogP contribution in [-0.2, 0) is 4.79 Å². The lowest BCUT2D eigenvalue weighted by Crippen LogP contribution is -2.47. The standard InChI is InChI=1S/C20H24ClN3O2/c1-13(2)18(23-19(25)14-8-6-5-7-9-14)20(26)22-16-12-15(21)10-11-17(16)24(3)4/h5-13,18H,1-4H3,(H,22,26)(H,23,25). The summed E-state index contributed by atoms with van der Waals surface area (Å²) in [6.45, 7) is 3.78. The third kappa shape index (κ3) is 4.99. The van der Waals surface area contributed by atoms with Gasteiger partial charge in [0.2, 0.25) is 5.91 Å². The summed E-state index contributed by atoms with van der Waals surface area (Å²) in [7, 11) is 3.77. The summed E-state index contributed by atoms with van der Waals surface area (Å²) in [5.74, 6) is -0.641. The zero-order valence-electron chi connectivity index (χ0n) is 15.4. The number of halogens is 1. The van der Waals surface area contributed by atoms with Gasteiger partial charge in [-0.2, -0.15) is 0 Å². The van der Waals surface area contributed by atoms with E-state index in [4.69, 9.17) is 11.6 Å². The van der Waals surface area contributed by atoms with Crippen LogP contribution < -0.4 is 15.5 Å². The van der Waals surface area contributed by atoms with Gasteiger partial charge < -0.3 is 15.5 Å². The summed E-state index contributed by atoms with van der Waals surface area (Å²) in [6, 6.07) is 13.5. The normalized spacial score (nSPS) is 11.8. The highest BCUT2D eigenvalue weighted by atomic mass is 35.5. The molecule has 2 aromatic rings. The highest BCUT2D eigenvalue weighted by Gasteiger charge is 2.25. The molecule has 0 radical (unpaired) electrons. The van der Waals surface area contributed by atoms with Gasteiger partial charge in [0.1, 0.15) is 6.04 Å². The Labute approximate surface area is 159 Å². The molecule has 2 aromatic carbocycles. The minimum Gasteiger partial charge on any atom is -0.376 e. The van der Waals surface area contributed by atoms with Crippen LogP contribution in [-0.4, -0.2) is 32.0 Å². The number of carbonyl (C=O) groups excluding carboxylic acids is 2. The molecule has 0 aromatic heterocycles. The van der Waals surface area contributed by atoms with Crippen LogP contribution in [0.4, 0.5) is 11.4 Å².